The van der Waals surface area contributed by atoms with Crippen LogP contribution in [0.3, 0.4) is 0 Å². The van der Waals surface area contributed by atoms with Crippen LogP contribution < -0.4 is 15.0 Å². The number of aromatic nitrogens is 2. The lowest BCUT2D eigenvalue weighted by molar-refractivity contribution is -0.136. The van der Waals surface area contributed by atoms with Crippen LogP contribution in [0.5, 0.6) is 5.75 Å². The van der Waals surface area contributed by atoms with E-state index >= 15 is 0 Å². The van der Waals surface area contributed by atoms with E-state index in [0.29, 0.717) is 38.0 Å². The maximum atomic E-state index is 14.8. The van der Waals surface area contributed by atoms with E-state index in [-0.39, 0.29) is 30.2 Å². The minimum Gasteiger partial charge on any atom is -0.493 e. The van der Waals surface area contributed by atoms with Gasteiger partial charge in [0, 0.05) is 68.7 Å². The predicted molar refractivity (Wildman–Crippen MR) is 166 cm³/mol. The molecule has 11 heteroatoms. The molecule has 2 aliphatic heterocycles. The highest BCUT2D eigenvalue weighted by molar-refractivity contribution is 5.79. The summed E-state index contributed by atoms with van der Waals surface area (Å²) in [5.74, 6) is 0.0458. The lowest BCUT2D eigenvalue weighted by Crippen LogP contribution is -2.53. The number of nitrogens with one attached hydrogen (secondary N) is 1. The van der Waals surface area contributed by atoms with Gasteiger partial charge in [-0.25, -0.2) is 18.7 Å². The maximum Gasteiger partial charge on any atom is 0.227 e. The Labute approximate surface area is 260 Å². The minimum atomic E-state index is -0.754. The van der Waals surface area contributed by atoms with Gasteiger partial charge >= 0.3 is 0 Å². The van der Waals surface area contributed by atoms with Crippen LogP contribution in [0.25, 0.3) is 0 Å². The van der Waals surface area contributed by atoms with Crippen molar-refractivity contribution < 1.29 is 28.5 Å². The summed E-state index contributed by atoms with van der Waals surface area (Å²) in [6.07, 6.45) is 11.2. The lowest BCUT2D eigenvalue weighted by atomic mass is 9.92. The van der Waals surface area contributed by atoms with Crippen LogP contribution >= 0.6 is 0 Å². The van der Waals surface area contributed by atoms with E-state index in [2.05, 4.69) is 27.1 Å². The monoisotopic (exact) mass is 617 g/mol. The minimum absolute atomic E-state index is 0.149. The fourth-order valence-electron chi connectivity index (χ4n) is 5.94. The topological polar surface area (TPSA) is 111 Å². The number of unbranched alkanes of at least 4 members (excludes halogenated alkanes) is 1. The summed E-state index contributed by atoms with van der Waals surface area (Å²) in [6.45, 7) is 6.86. The van der Waals surface area contributed by atoms with E-state index in [1.165, 1.54) is 17.7 Å². The van der Waals surface area contributed by atoms with Gasteiger partial charge in [0.05, 0.1) is 25.7 Å². The first kappa shape index (κ1) is 34.0. The summed E-state index contributed by atoms with van der Waals surface area (Å²) in [6, 6.07) is 2.36. The number of nitrogens with zero attached hydrogens (tertiary/aromatic N) is 4. The summed E-state index contributed by atoms with van der Waals surface area (Å²) < 4.78 is 35.2. The molecule has 1 amide bonds. The number of rotatable bonds is 18. The summed E-state index contributed by atoms with van der Waals surface area (Å²) in [4.78, 5) is 25.6. The zero-order chi connectivity index (χ0) is 31.3. The number of aliphatic hydroxyl groups is 2. The Bertz CT molecular complexity index is 1130. The standard InChI is InChI=1S/C33H49F2N5O4/c1-2-6-25-19-37-33(38-20-25)39-12-9-24(10-13-39)7-5-14-44-28-15-30(34)29(31(35)16-28)17-32(43)40-21-26(22-40)18-36-11-4-3-8-27(42)23-41/h15-16,19-20,24,26-27,36,41-42H,2-14,17-18,21-23H2,1H3/t27-/m0/s1. The zero-order valence-electron chi connectivity index (χ0n) is 26.0. The number of hydrogen-bond acceptors (Lipinski definition) is 8. The number of ether oxygens (including phenoxy) is 1. The van der Waals surface area contributed by atoms with Crippen molar-refractivity contribution in [3.8, 4) is 5.75 Å². The molecule has 1 aromatic carbocycles. The number of halogens is 2. The fourth-order valence-corrected chi connectivity index (χ4v) is 5.94. The van der Waals surface area contributed by atoms with Gasteiger partial charge in [0.1, 0.15) is 17.4 Å². The molecule has 1 atom stereocenters. The van der Waals surface area contributed by atoms with Crippen LogP contribution in [0, 0.1) is 23.5 Å². The Morgan fingerprint density at radius 2 is 1.80 bits per heavy atom. The molecule has 0 unspecified atom stereocenters. The van der Waals surface area contributed by atoms with Gasteiger partial charge in [-0.15, -0.1) is 0 Å². The molecule has 0 aliphatic carbocycles. The molecule has 0 saturated carbocycles. The van der Waals surface area contributed by atoms with Gasteiger partial charge in [0.25, 0.3) is 0 Å². The van der Waals surface area contributed by atoms with Gasteiger partial charge in [0.2, 0.25) is 11.9 Å². The quantitative estimate of drug-likeness (QED) is 0.216. The van der Waals surface area contributed by atoms with Crippen LogP contribution in [0.4, 0.5) is 14.7 Å². The Balaban J connectivity index is 1.09. The molecule has 1 aromatic heterocycles. The highest BCUT2D eigenvalue weighted by Gasteiger charge is 2.31. The van der Waals surface area contributed by atoms with Gasteiger partial charge in [-0.2, -0.15) is 0 Å². The van der Waals surface area contributed by atoms with Crippen molar-refractivity contribution in [2.45, 2.75) is 77.2 Å². The average molecular weight is 618 g/mol. The van der Waals surface area contributed by atoms with Crippen LogP contribution in [0.15, 0.2) is 24.5 Å². The van der Waals surface area contributed by atoms with Crippen molar-refractivity contribution >= 4 is 11.9 Å². The number of likely N-dealkylation sites (tertiary alicyclic amines) is 1. The van der Waals surface area contributed by atoms with E-state index < -0.39 is 17.7 Å². The van der Waals surface area contributed by atoms with E-state index in [0.717, 1.165) is 83.5 Å². The number of aryl methyl sites for hydroxylation is 1. The third-order valence-corrected chi connectivity index (χ3v) is 8.69. The first-order valence-electron chi connectivity index (χ1n) is 16.3. The molecule has 2 aliphatic rings. The number of carbonyl (C=O) groups excluding carboxylic acids is 1. The Morgan fingerprint density at radius 3 is 2.45 bits per heavy atom. The fraction of sp³-hybridized carbons (Fsp3) is 0.667. The third kappa shape index (κ3) is 10.3. The van der Waals surface area contributed by atoms with Crippen molar-refractivity contribution in [1.82, 2.24) is 20.2 Å². The second-order valence-corrected chi connectivity index (χ2v) is 12.3. The molecule has 4 rings (SSSR count). The molecule has 0 radical (unpaired) electrons. The molecule has 2 saturated heterocycles. The molecule has 44 heavy (non-hydrogen) atoms. The first-order chi connectivity index (χ1) is 21.4. The molecule has 0 spiro atoms. The molecule has 244 valence electrons. The Hall–Kier alpha value is -2.89. The van der Waals surface area contributed by atoms with Crippen LogP contribution in [-0.4, -0.2) is 89.6 Å². The van der Waals surface area contributed by atoms with Crippen LogP contribution in [0.1, 0.15) is 69.4 Å². The Kier molecular flexibility index (Phi) is 13.6. The van der Waals surface area contributed by atoms with Gasteiger partial charge in [-0.05, 0) is 69.4 Å². The summed E-state index contributed by atoms with van der Waals surface area (Å²) in [5.41, 5.74) is 0.950. The largest absolute Gasteiger partial charge is 0.493 e. The molecule has 0 bridgehead atoms. The SMILES string of the molecule is CCCc1cnc(N2CCC(CCCOc3cc(F)c(CC(=O)N4CC(CNCCCC[C@H](O)CO)C4)c(F)c3)CC2)nc1. The van der Waals surface area contributed by atoms with Crippen molar-refractivity contribution in [2.24, 2.45) is 11.8 Å². The zero-order valence-corrected chi connectivity index (χ0v) is 26.0. The first-order valence-corrected chi connectivity index (χ1v) is 16.3. The van der Waals surface area contributed by atoms with Crippen LogP contribution in [-0.2, 0) is 17.6 Å². The average Bonchev–Trinajstić information content (AvgIpc) is 3.00. The lowest BCUT2D eigenvalue weighted by Gasteiger charge is -2.39. The number of carbonyl (C=O) groups is 1. The Morgan fingerprint density at radius 1 is 1.09 bits per heavy atom. The number of anilines is 1. The highest BCUT2D eigenvalue weighted by Crippen LogP contribution is 2.26. The molecular weight excluding hydrogens is 568 g/mol. The van der Waals surface area contributed by atoms with Gasteiger partial charge < -0.3 is 30.1 Å². The number of benzene rings is 1. The molecule has 9 nitrogen and oxygen atoms in total. The summed E-state index contributed by atoms with van der Waals surface area (Å²) >= 11 is 0. The number of piperidine rings is 1. The molecule has 2 fully saturated rings. The van der Waals surface area contributed by atoms with Crippen molar-refractivity contribution in [2.75, 3.05) is 57.4 Å². The van der Waals surface area contributed by atoms with Crippen molar-refractivity contribution in [3.05, 3.63) is 47.3 Å². The van der Waals surface area contributed by atoms with Crippen LogP contribution in [0.2, 0.25) is 0 Å². The normalized spacial score (nSPS) is 16.7. The van der Waals surface area contributed by atoms with Crippen molar-refractivity contribution in [3.63, 3.8) is 0 Å². The predicted octanol–water partition coefficient (Wildman–Crippen LogP) is 3.90. The van der Waals surface area contributed by atoms with E-state index in [9.17, 15) is 18.7 Å². The highest BCUT2D eigenvalue weighted by atomic mass is 19.1. The second kappa shape index (κ2) is 17.6. The molecule has 3 heterocycles. The molecular formula is C33H49F2N5O4. The van der Waals surface area contributed by atoms with Gasteiger partial charge in [-0.3, -0.25) is 4.79 Å². The van der Waals surface area contributed by atoms with Gasteiger partial charge in [-0.1, -0.05) is 13.3 Å². The smallest absolute Gasteiger partial charge is 0.227 e. The second-order valence-electron chi connectivity index (χ2n) is 12.3. The number of hydrogen-bond donors (Lipinski definition) is 3. The summed E-state index contributed by atoms with van der Waals surface area (Å²) in [7, 11) is 0. The van der Waals surface area contributed by atoms with Crippen molar-refractivity contribution in [1.29, 1.82) is 0 Å². The van der Waals surface area contributed by atoms with E-state index in [1.807, 2.05) is 12.4 Å². The maximum absolute atomic E-state index is 14.8. The number of aliphatic hydroxyl groups excluding tert-OH is 2. The van der Waals surface area contributed by atoms with E-state index in [4.69, 9.17) is 9.84 Å². The third-order valence-electron chi connectivity index (χ3n) is 8.69. The van der Waals surface area contributed by atoms with E-state index in [1.54, 1.807) is 4.90 Å². The summed E-state index contributed by atoms with van der Waals surface area (Å²) in [5, 5.41) is 21.5. The molecule has 3 N–H and O–H groups in total. The molecule has 2 aromatic rings. The van der Waals surface area contributed by atoms with Gasteiger partial charge in [0.15, 0.2) is 0 Å². The number of amides is 1.